The average Bonchev–Trinajstić information content (AvgIpc) is 3.44. The molecular formula is C27H33N3O6S. The number of carboxylic acid groups (broad SMARTS) is 1. The number of thiazole rings is 1. The Morgan fingerprint density at radius 3 is 2.54 bits per heavy atom. The monoisotopic (exact) mass is 527 g/mol. The number of methoxy groups -OCH3 is 1. The molecule has 198 valence electrons. The molecule has 37 heavy (non-hydrogen) atoms. The average molecular weight is 528 g/mol. The summed E-state index contributed by atoms with van der Waals surface area (Å²) in [7, 11) is 3.54. The predicted molar refractivity (Wildman–Crippen MR) is 141 cm³/mol. The second-order valence-corrected chi connectivity index (χ2v) is 10.6. The maximum absolute atomic E-state index is 13.3. The number of amides is 1. The SMILES string of the molecule is COc1cc2sc(CNC(=O)C3(CC(=O)O)Cc4ccccc4C3)nc2cc1OCCCN(C)CCO. The lowest BCUT2D eigenvalue weighted by Crippen LogP contribution is -2.43. The maximum atomic E-state index is 13.3. The number of ether oxygens (including phenoxy) is 2. The number of aromatic nitrogens is 1. The van der Waals surface area contributed by atoms with Gasteiger partial charge in [-0.2, -0.15) is 0 Å². The molecule has 1 heterocycles. The van der Waals surface area contributed by atoms with E-state index < -0.39 is 11.4 Å². The summed E-state index contributed by atoms with van der Waals surface area (Å²) >= 11 is 1.45. The Labute approximate surface area is 220 Å². The molecule has 0 saturated heterocycles. The van der Waals surface area contributed by atoms with Gasteiger partial charge in [0.05, 0.1) is 48.9 Å². The van der Waals surface area contributed by atoms with Gasteiger partial charge in [0.25, 0.3) is 0 Å². The Hall–Kier alpha value is -3.21. The zero-order valence-electron chi connectivity index (χ0n) is 21.2. The first kappa shape index (κ1) is 26.8. The minimum Gasteiger partial charge on any atom is -0.493 e. The summed E-state index contributed by atoms with van der Waals surface area (Å²) in [6.45, 7) is 2.27. The van der Waals surface area contributed by atoms with Gasteiger partial charge in [-0.15, -0.1) is 11.3 Å². The molecule has 0 saturated carbocycles. The van der Waals surface area contributed by atoms with E-state index in [0.29, 0.717) is 42.5 Å². The lowest BCUT2D eigenvalue weighted by Gasteiger charge is -2.25. The summed E-state index contributed by atoms with van der Waals surface area (Å²) in [4.78, 5) is 31.6. The van der Waals surface area contributed by atoms with E-state index in [1.807, 2.05) is 48.3 Å². The van der Waals surface area contributed by atoms with Gasteiger partial charge in [-0.05, 0) is 37.4 Å². The number of likely N-dealkylation sites (N-methyl/N-ethyl adjacent to an activating group) is 1. The van der Waals surface area contributed by atoms with Gasteiger partial charge in [0, 0.05) is 25.2 Å². The number of aliphatic hydroxyl groups excluding tert-OH is 1. The standard InChI is InChI=1S/C27H33N3O6S/c1-30(9-10-31)8-5-11-36-22-12-20-23(13-21(22)35-2)37-24(29-20)17-28-26(34)27(16-25(32)33)14-18-6-3-4-7-19(18)15-27/h3-4,6-7,12-13,31H,5,8-11,14-17H2,1-2H3,(H,28,34)(H,32,33). The van der Waals surface area contributed by atoms with E-state index in [2.05, 4.69) is 10.3 Å². The van der Waals surface area contributed by atoms with Crippen LogP contribution in [0.1, 0.15) is 29.0 Å². The summed E-state index contributed by atoms with van der Waals surface area (Å²) in [6.07, 6.45) is 1.40. The Morgan fingerprint density at radius 1 is 1.16 bits per heavy atom. The molecular weight excluding hydrogens is 494 g/mol. The zero-order chi connectivity index (χ0) is 26.4. The molecule has 0 aliphatic heterocycles. The second-order valence-electron chi connectivity index (χ2n) is 9.46. The van der Waals surface area contributed by atoms with Crippen molar-refractivity contribution in [3.8, 4) is 11.5 Å². The highest BCUT2D eigenvalue weighted by molar-refractivity contribution is 7.18. The van der Waals surface area contributed by atoms with Crippen LogP contribution in [0, 0.1) is 5.41 Å². The topological polar surface area (TPSA) is 121 Å². The van der Waals surface area contributed by atoms with Crippen molar-refractivity contribution in [1.82, 2.24) is 15.2 Å². The molecule has 4 rings (SSSR count). The van der Waals surface area contributed by atoms with E-state index in [9.17, 15) is 14.7 Å². The van der Waals surface area contributed by atoms with Crippen LogP contribution in [0.3, 0.4) is 0 Å². The third-order valence-corrected chi connectivity index (χ3v) is 7.71. The number of rotatable bonds is 13. The molecule has 3 N–H and O–H groups in total. The van der Waals surface area contributed by atoms with Gasteiger partial charge in [0.2, 0.25) is 5.91 Å². The van der Waals surface area contributed by atoms with Crippen LogP contribution >= 0.6 is 11.3 Å². The number of carbonyl (C=O) groups is 2. The molecule has 1 amide bonds. The molecule has 0 fully saturated rings. The van der Waals surface area contributed by atoms with Crippen LogP contribution in [-0.4, -0.2) is 72.4 Å². The van der Waals surface area contributed by atoms with Crippen molar-refractivity contribution < 1.29 is 29.3 Å². The molecule has 0 radical (unpaired) electrons. The van der Waals surface area contributed by atoms with E-state index in [0.717, 1.165) is 34.3 Å². The second kappa shape index (κ2) is 11.9. The third-order valence-electron chi connectivity index (χ3n) is 6.69. The summed E-state index contributed by atoms with van der Waals surface area (Å²) in [6, 6.07) is 11.5. The Bertz CT molecular complexity index is 1240. The first-order valence-corrected chi connectivity index (χ1v) is 13.1. The van der Waals surface area contributed by atoms with Crippen molar-refractivity contribution in [1.29, 1.82) is 0 Å². The lowest BCUT2D eigenvalue weighted by atomic mass is 9.80. The van der Waals surface area contributed by atoms with Crippen molar-refractivity contribution in [2.75, 3.05) is 40.5 Å². The fraction of sp³-hybridized carbons (Fsp3) is 0.444. The van der Waals surface area contributed by atoms with Crippen molar-refractivity contribution in [3.05, 3.63) is 52.5 Å². The van der Waals surface area contributed by atoms with Crippen molar-refractivity contribution >= 4 is 33.4 Å². The van der Waals surface area contributed by atoms with Crippen LogP contribution in [0.25, 0.3) is 10.2 Å². The van der Waals surface area contributed by atoms with Gasteiger partial charge in [0.15, 0.2) is 11.5 Å². The largest absolute Gasteiger partial charge is 0.493 e. The van der Waals surface area contributed by atoms with Crippen LogP contribution in [0.15, 0.2) is 36.4 Å². The van der Waals surface area contributed by atoms with Crippen LogP contribution in [0.5, 0.6) is 11.5 Å². The summed E-state index contributed by atoms with van der Waals surface area (Å²) < 4.78 is 12.4. The van der Waals surface area contributed by atoms with Crippen LogP contribution in [-0.2, 0) is 29.0 Å². The fourth-order valence-electron chi connectivity index (χ4n) is 4.82. The van der Waals surface area contributed by atoms with E-state index in [-0.39, 0.29) is 25.5 Å². The van der Waals surface area contributed by atoms with Crippen LogP contribution < -0.4 is 14.8 Å². The van der Waals surface area contributed by atoms with Gasteiger partial charge in [-0.25, -0.2) is 4.98 Å². The van der Waals surface area contributed by atoms with E-state index >= 15 is 0 Å². The normalized spacial score (nSPS) is 14.1. The van der Waals surface area contributed by atoms with Crippen molar-refractivity contribution in [3.63, 3.8) is 0 Å². The Balaban J connectivity index is 1.42. The summed E-state index contributed by atoms with van der Waals surface area (Å²) in [5.41, 5.74) is 1.80. The highest BCUT2D eigenvalue weighted by atomic mass is 32.1. The van der Waals surface area contributed by atoms with Gasteiger partial charge in [-0.3, -0.25) is 9.59 Å². The molecule has 1 aliphatic carbocycles. The number of aliphatic carboxylic acids is 1. The van der Waals surface area contributed by atoms with Crippen molar-refractivity contribution in [2.45, 2.75) is 32.2 Å². The molecule has 1 aliphatic rings. The minimum atomic E-state index is -0.998. The third kappa shape index (κ3) is 6.38. The van der Waals surface area contributed by atoms with Gasteiger partial charge >= 0.3 is 5.97 Å². The van der Waals surface area contributed by atoms with Gasteiger partial charge < -0.3 is 29.9 Å². The highest BCUT2D eigenvalue weighted by Crippen LogP contribution is 2.40. The number of benzene rings is 2. The molecule has 0 unspecified atom stereocenters. The molecule has 2 aromatic carbocycles. The van der Waals surface area contributed by atoms with Gasteiger partial charge in [0.1, 0.15) is 5.01 Å². The number of carbonyl (C=O) groups excluding carboxylic acids is 1. The number of carboxylic acids is 1. The molecule has 9 nitrogen and oxygen atoms in total. The lowest BCUT2D eigenvalue weighted by molar-refractivity contribution is -0.145. The number of hydrogen-bond donors (Lipinski definition) is 3. The van der Waals surface area contributed by atoms with Crippen LogP contribution in [0.4, 0.5) is 0 Å². The Morgan fingerprint density at radius 2 is 1.89 bits per heavy atom. The molecule has 1 aromatic heterocycles. The molecule has 0 spiro atoms. The van der Waals surface area contributed by atoms with Crippen LogP contribution in [0.2, 0.25) is 0 Å². The Kier molecular flexibility index (Phi) is 8.63. The summed E-state index contributed by atoms with van der Waals surface area (Å²) in [5.74, 6) is -0.0369. The van der Waals surface area contributed by atoms with Crippen molar-refractivity contribution in [2.24, 2.45) is 5.41 Å². The molecule has 0 bridgehead atoms. The zero-order valence-corrected chi connectivity index (χ0v) is 22.0. The number of nitrogens with one attached hydrogen (secondary N) is 1. The first-order valence-electron chi connectivity index (χ1n) is 12.3. The molecule has 0 atom stereocenters. The minimum absolute atomic E-state index is 0.128. The molecule has 10 heteroatoms. The van der Waals surface area contributed by atoms with E-state index in [4.69, 9.17) is 14.6 Å². The smallest absolute Gasteiger partial charge is 0.304 e. The predicted octanol–water partition coefficient (Wildman–Crippen LogP) is 2.87. The maximum Gasteiger partial charge on any atom is 0.304 e. The first-order chi connectivity index (χ1) is 17.8. The number of hydrogen-bond acceptors (Lipinski definition) is 8. The number of fused-ring (bicyclic) bond motifs is 2. The van der Waals surface area contributed by atoms with E-state index in [1.54, 1.807) is 7.11 Å². The molecule has 3 aromatic rings. The number of aliphatic hydroxyl groups is 1. The summed E-state index contributed by atoms with van der Waals surface area (Å²) in [5, 5.41) is 22.2. The van der Waals surface area contributed by atoms with Gasteiger partial charge in [-0.1, -0.05) is 24.3 Å². The van der Waals surface area contributed by atoms with E-state index in [1.165, 1.54) is 11.3 Å². The quantitative estimate of drug-likeness (QED) is 0.290. The number of nitrogens with zero attached hydrogens (tertiary/aromatic N) is 2. The fourth-order valence-corrected chi connectivity index (χ4v) is 5.74. The highest BCUT2D eigenvalue weighted by Gasteiger charge is 2.45.